The zero-order valence-electron chi connectivity index (χ0n) is 12.5. The lowest BCUT2D eigenvalue weighted by atomic mass is 10.0. The van der Waals surface area contributed by atoms with Crippen LogP contribution in [0.4, 0.5) is 0 Å². The molecule has 1 aromatic heterocycles. The topological polar surface area (TPSA) is 70.0 Å². The van der Waals surface area contributed by atoms with Gasteiger partial charge in [0, 0.05) is 16.8 Å². The minimum Gasteiger partial charge on any atom is -0.359 e. The standard InChI is InChI=1S/C19H12N2O3/c22-19(16-8-7-14-3-1-2-4-15(14)12-16)10-6-13-5-9-18-17(11-13)20-24-21(18)23/h1-12H/b10-6+. The SMILES string of the molecule is O=C(/C=C/c1ccc2c(c1)no[n+]2[O-])c1ccc2ccccc2c1. The molecular formula is C19H12N2O3. The van der Waals surface area contributed by atoms with Gasteiger partial charge < -0.3 is 5.21 Å². The number of rotatable bonds is 3. The van der Waals surface area contributed by atoms with E-state index >= 15 is 0 Å². The Labute approximate surface area is 137 Å². The number of allylic oxidation sites excluding steroid dienone is 1. The van der Waals surface area contributed by atoms with E-state index in [4.69, 9.17) is 0 Å². The summed E-state index contributed by atoms with van der Waals surface area (Å²) in [6.07, 6.45) is 3.21. The summed E-state index contributed by atoms with van der Waals surface area (Å²) in [6.45, 7) is 0. The zero-order chi connectivity index (χ0) is 16.5. The predicted molar refractivity (Wildman–Crippen MR) is 90.3 cm³/mol. The highest BCUT2D eigenvalue weighted by atomic mass is 16.8. The number of hydrogen-bond donors (Lipinski definition) is 0. The summed E-state index contributed by atoms with van der Waals surface area (Å²) in [4.78, 5) is 12.7. The summed E-state index contributed by atoms with van der Waals surface area (Å²) >= 11 is 0. The molecule has 0 saturated heterocycles. The molecule has 0 spiro atoms. The van der Waals surface area contributed by atoms with Crippen LogP contribution in [0.2, 0.25) is 0 Å². The van der Waals surface area contributed by atoms with Gasteiger partial charge in [-0.2, -0.15) is 0 Å². The fourth-order valence-corrected chi connectivity index (χ4v) is 2.61. The number of benzene rings is 3. The molecule has 116 valence electrons. The summed E-state index contributed by atoms with van der Waals surface area (Å²) in [5.41, 5.74) is 2.20. The molecule has 0 amide bonds. The number of carbonyl (C=O) groups is 1. The van der Waals surface area contributed by atoms with Crippen molar-refractivity contribution < 1.29 is 14.3 Å². The second-order valence-electron chi connectivity index (χ2n) is 5.44. The second-order valence-corrected chi connectivity index (χ2v) is 5.44. The lowest BCUT2D eigenvalue weighted by molar-refractivity contribution is -0.782. The van der Waals surface area contributed by atoms with E-state index in [-0.39, 0.29) is 5.78 Å². The minimum atomic E-state index is -0.0834. The van der Waals surface area contributed by atoms with E-state index < -0.39 is 0 Å². The highest BCUT2D eigenvalue weighted by molar-refractivity contribution is 6.08. The Morgan fingerprint density at radius 2 is 1.88 bits per heavy atom. The van der Waals surface area contributed by atoms with Crippen molar-refractivity contribution in [3.05, 3.63) is 83.1 Å². The number of ketones is 1. The first-order valence-corrected chi connectivity index (χ1v) is 7.41. The Bertz CT molecular complexity index is 1100. The maximum atomic E-state index is 12.4. The quantitative estimate of drug-likeness (QED) is 0.329. The third kappa shape index (κ3) is 2.52. The molecule has 4 aromatic rings. The van der Waals surface area contributed by atoms with Crippen molar-refractivity contribution in [3.63, 3.8) is 0 Å². The molecule has 0 radical (unpaired) electrons. The van der Waals surface area contributed by atoms with Crippen LogP contribution in [0.1, 0.15) is 15.9 Å². The molecule has 0 bridgehead atoms. The highest BCUT2D eigenvalue weighted by Crippen LogP contribution is 2.17. The lowest BCUT2D eigenvalue weighted by Crippen LogP contribution is -2.22. The minimum absolute atomic E-state index is 0.0834. The summed E-state index contributed by atoms with van der Waals surface area (Å²) in [7, 11) is 0. The fraction of sp³-hybridized carbons (Fsp3) is 0. The Morgan fingerprint density at radius 3 is 2.75 bits per heavy atom. The largest absolute Gasteiger partial charge is 0.359 e. The van der Waals surface area contributed by atoms with E-state index in [1.54, 1.807) is 24.3 Å². The fourth-order valence-electron chi connectivity index (χ4n) is 2.61. The van der Waals surface area contributed by atoms with Gasteiger partial charge in [0.25, 0.3) is 0 Å². The van der Waals surface area contributed by atoms with Gasteiger partial charge in [0.2, 0.25) is 11.0 Å². The molecule has 5 nitrogen and oxygen atoms in total. The number of fused-ring (bicyclic) bond motifs is 2. The first-order chi connectivity index (χ1) is 11.7. The average Bonchev–Trinajstić information content (AvgIpc) is 2.99. The van der Waals surface area contributed by atoms with E-state index in [9.17, 15) is 10.0 Å². The smallest absolute Gasteiger partial charge is 0.249 e. The van der Waals surface area contributed by atoms with Gasteiger partial charge in [0.05, 0.1) is 0 Å². The molecule has 4 rings (SSSR count). The van der Waals surface area contributed by atoms with E-state index in [2.05, 4.69) is 9.79 Å². The van der Waals surface area contributed by atoms with Gasteiger partial charge in [-0.1, -0.05) is 48.5 Å². The molecule has 1 heterocycles. The van der Waals surface area contributed by atoms with Crippen LogP contribution in [0, 0.1) is 5.21 Å². The molecule has 0 aliphatic heterocycles. The number of carbonyl (C=O) groups excluding carboxylic acids is 1. The molecule has 0 fully saturated rings. The molecule has 3 aromatic carbocycles. The van der Waals surface area contributed by atoms with Crippen LogP contribution >= 0.6 is 0 Å². The van der Waals surface area contributed by atoms with Gasteiger partial charge >= 0.3 is 0 Å². The summed E-state index contributed by atoms with van der Waals surface area (Å²) in [5, 5.41) is 17.0. The molecule has 0 N–H and O–H groups in total. The van der Waals surface area contributed by atoms with Crippen LogP contribution in [-0.2, 0) is 0 Å². The Morgan fingerprint density at radius 1 is 1.04 bits per heavy atom. The van der Waals surface area contributed by atoms with Crippen LogP contribution in [0.15, 0.2) is 71.4 Å². The molecular weight excluding hydrogens is 304 g/mol. The third-order valence-corrected chi connectivity index (χ3v) is 3.87. The monoisotopic (exact) mass is 316 g/mol. The van der Waals surface area contributed by atoms with Crippen LogP contribution in [-0.4, -0.2) is 10.9 Å². The van der Waals surface area contributed by atoms with Crippen LogP contribution < -0.4 is 4.90 Å². The maximum absolute atomic E-state index is 12.4. The number of hydrogen-bond acceptors (Lipinski definition) is 4. The zero-order valence-corrected chi connectivity index (χ0v) is 12.5. The second kappa shape index (κ2) is 5.62. The van der Waals surface area contributed by atoms with Crippen molar-refractivity contribution in [2.45, 2.75) is 0 Å². The van der Waals surface area contributed by atoms with Gasteiger partial charge in [-0.05, 0) is 39.4 Å². The van der Waals surface area contributed by atoms with Crippen molar-refractivity contribution in [3.8, 4) is 0 Å². The summed E-state index contributed by atoms with van der Waals surface area (Å²) in [5.74, 6) is -0.0834. The van der Waals surface area contributed by atoms with Crippen molar-refractivity contribution in [1.82, 2.24) is 5.16 Å². The van der Waals surface area contributed by atoms with E-state index in [1.165, 1.54) is 6.08 Å². The first-order valence-electron chi connectivity index (χ1n) is 7.41. The molecule has 5 heteroatoms. The van der Waals surface area contributed by atoms with Crippen molar-refractivity contribution in [2.75, 3.05) is 0 Å². The van der Waals surface area contributed by atoms with E-state index in [1.807, 2.05) is 42.5 Å². The van der Waals surface area contributed by atoms with Crippen molar-refractivity contribution in [1.29, 1.82) is 0 Å². The Balaban J connectivity index is 1.62. The van der Waals surface area contributed by atoms with Crippen molar-refractivity contribution in [2.24, 2.45) is 0 Å². The van der Waals surface area contributed by atoms with Crippen LogP contribution in [0.25, 0.3) is 27.9 Å². The summed E-state index contributed by atoms with van der Waals surface area (Å²) < 4.78 is 4.53. The Kier molecular flexibility index (Phi) is 3.31. The maximum Gasteiger partial charge on any atom is 0.249 e. The third-order valence-electron chi connectivity index (χ3n) is 3.87. The normalized spacial score (nSPS) is 11.5. The van der Waals surface area contributed by atoms with Gasteiger partial charge in [-0.25, -0.2) is 0 Å². The van der Waals surface area contributed by atoms with Gasteiger partial charge in [-0.3, -0.25) is 9.42 Å². The molecule has 0 unspecified atom stereocenters. The molecule has 0 atom stereocenters. The highest BCUT2D eigenvalue weighted by Gasteiger charge is 2.09. The van der Waals surface area contributed by atoms with Gasteiger partial charge in [-0.15, -0.1) is 0 Å². The number of nitrogens with zero attached hydrogens (tertiary/aromatic N) is 2. The summed E-state index contributed by atoms with van der Waals surface area (Å²) in [6, 6.07) is 18.6. The molecule has 0 aliphatic rings. The van der Waals surface area contributed by atoms with Crippen molar-refractivity contribution >= 4 is 33.7 Å². The van der Waals surface area contributed by atoms with E-state index in [0.717, 1.165) is 16.3 Å². The molecule has 0 saturated carbocycles. The van der Waals surface area contributed by atoms with Crippen LogP contribution in [0.5, 0.6) is 0 Å². The van der Waals surface area contributed by atoms with Crippen LogP contribution in [0.3, 0.4) is 0 Å². The average molecular weight is 316 g/mol. The first kappa shape index (κ1) is 14.1. The predicted octanol–water partition coefficient (Wildman–Crippen LogP) is 3.51. The molecule has 0 aliphatic carbocycles. The molecule has 24 heavy (non-hydrogen) atoms. The Hall–Kier alpha value is -3.47. The van der Waals surface area contributed by atoms with Gasteiger partial charge in [0.15, 0.2) is 5.78 Å². The number of aromatic nitrogens is 2. The van der Waals surface area contributed by atoms with E-state index in [0.29, 0.717) is 21.5 Å². The van der Waals surface area contributed by atoms with Gasteiger partial charge in [0.1, 0.15) is 0 Å². The lowest BCUT2D eigenvalue weighted by Gasteiger charge is -2.00.